The van der Waals surface area contributed by atoms with Crippen LogP contribution in [0, 0.1) is 17.3 Å². The van der Waals surface area contributed by atoms with Crippen molar-refractivity contribution in [3.8, 4) is 0 Å². The van der Waals surface area contributed by atoms with E-state index in [9.17, 15) is 4.79 Å². The Balaban J connectivity index is 3.00. The predicted octanol–water partition coefficient (Wildman–Crippen LogP) is 2.19. The first-order valence-corrected chi connectivity index (χ1v) is 5.02. The molecule has 0 radical (unpaired) electrons. The predicted molar refractivity (Wildman–Crippen MR) is 54.3 cm³/mol. The SMILES string of the molecule is CC1C(C)C(C)(C)C(=O)NC1(C)C. The molecule has 0 spiro atoms. The summed E-state index contributed by atoms with van der Waals surface area (Å²) in [6.45, 7) is 12.6. The molecule has 0 aromatic carbocycles. The number of carbonyl (C=O) groups excluding carboxylic acids is 1. The molecule has 0 aromatic rings. The molecule has 1 fully saturated rings. The molecule has 1 aliphatic rings. The van der Waals surface area contributed by atoms with Crippen LogP contribution in [0.25, 0.3) is 0 Å². The van der Waals surface area contributed by atoms with Gasteiger partial charge < -0.3 is 5.32 Å². The summed E-state index contributed by atoms with van der Waals surface area (Å²) >= 11 is 0. The number of nitrogens with one attached hydrogen (secondary N) is 1. The normalized spacial score (nSPS) is 36.9. The molecule has 76 valence electrons. The Kier molecular flexibility index (Phi) is 2.21. The summed E-state index contributed by atoms with van der Waals surface area (Å²) in [5.74, 6) is 1.12. The highest BCUT2D eigenvalue weighted by atomic mass is 16.2. The van der Waals surface area contributed by atoms with Crippen LogP contribution >= 0.6 is 0 Å². The van der Waals surface area contributed by atoms with Gasteiger partial charge in [-0.05, 0) is 25.7 Å². The quantitative estimate of drug-likeness (QED) is 0.613. The van der Waals surface area contributed by atoms with Gasteiger partial charge in [-0.2, -0.15) is 0 Å². The molecule has 13 heavy (non-hydrogen) atoms. The van der Waals surface area contributed by atoms with Crippen LogP contribution in [0.1, 0.15) is 41.5 Å². The highest BCUT2D eigenvalue weighted by molar-refractivity contribution is 5.83. The third-order valence-electron chi connectivity index (χ3n) is 4.05. The minimum atomic E-state index is -0.227. The average molecular weight is 183 g/mol. The van der Waals surface area contributed by atoms with Crippen molar-refractivity contribution < 1.29 is 4.79 Å². The Morgan fingerprint density at radius 3 is 2.00 bits per heavy atom. The topological polar surface area (TPSA) is 29.1 Å². The lowest BCUT2D eigenvalue weighted by Gasteiger charge is -2.49. The van der Waals surface area contributed by atoms with Crippen LogP contribution < -0.4 is 5.32 Å². The maximum atomic E-state index is 11.8. The van der Waals surface area contributed by atoms with Gasteiger partial charge in [-0.3, -0.25) is 4.79 Å². The van der Waals surface area contributed by atoms with E-state index in [1.165, 1.54) is 0 Å². The zero-order chi connectivity index (χ0) is 10.4. The minimum Gasteiger partial charge on any atom is -0.350 e. The molecule has 0 saturated carbocycles. The van der Waals surface area contributed by atoms with Gasteiger partial charge in [0, 0.05) is 11.0 Å². The molecule has 1 heterocycles. The highest BCUT2D eigenvalue weighted by Gasteiger charge is 2.48. The molecular formula is C11H21NO. The van der Waals surface area contributed by atoms with Gasteiger partial charge in [-0.15, -0.1) is 0 Å². The molecule has 0 bridgehead atoms. The van der Waals surface area contributed by atoms with Crippen LogP contribution in [0.5, 0.6) is 0 Å². The van der Waals surface area contributed by atoms with Crippen molar-refractivity contribution in [1.29, 1.82) is 0 Å². The Morgan fingerprint density at radius 2 is 1.54 bits per heavy atom. The van der Waals surface area contributed by atoms with Gasteiger partial charge in [-0.25, -0.2) is 0 Å². The second-order valence-corrected chi connectivity index (χ2v) is 5.47. The van der Waals surface area contributed by atoms with E-state index in [1.807, 2.05) is 13.8 Å². The van der Waals surface area contributed by atoms with Gasteiger partial charge in [0.05, 0.1) is 0 Å². The van der Waals surface area contributed by atoms with Crippen molar-refractivity contribution in [3.05, 3.63) is 0 Å². The molecule has 1 amide bonds. The standard InChI is InChI=1S/C11H21NO/c1-7-8(2)11(5,6)12-9(13)10(7,3)4/h7-8H,1-6H3,(H,12,13). The van der Waals surface area contributed by atoms with E-state index in [0.29, 0.717) is 11.8 Å². The van der Waals surface area contributed by atoms with E-state index < -0.39 is 0 Å². The Labute approximate surface area is 81.1 Å². The van der Waals surface area contributed by atoms with Crippen LogP contribution in [0.2, 0.25) is 0 Å². The Bertz CT molecular complexity index is 230. The van der Waals surface area contributed by atoms with Gasteiger partial charge in [-0.1, -0.05) is 27.7 Å². The molecule has 2 nitrogen and oxygen atoms in total. The fourth-order valence-corrected chi connectivity index (χ4v) is 2.02. The van der Waals surface area contributed by atoms with E-state index in [1.54, 1.807) is 0 Å². The van der Waals surface area contributed by atoms with Gasteiger partial charge in [0.25, 0.3) is 0 Å². The molecule has 2 unspecified atom stereocenters. The third-order valence-corrected chi connectivity index (χ3v) is 4.05. The summed E-state index contributed by atoms with van der Waals surface area (Å²) in [7, 11) is 0. The minimum absolute atomic E-state index is 0.0635. The van der Waals surface area contributed by atoms with Crippen LogP contribution in [-0.4, -0.2) is 11.4 Å². The van der Waals surface area contributed by atoms with Gasteiger partial charge in [0.1, 0.15) is 0 Å². The van der Waals surface area contributed by atoms with E-state index in [-0.39, 0.29) is 16.9 Å². The molecule has 2 atom stereocenters. The number of piperidine rings is 1. The Hall–Kier alpha value is -0.530. The molecule has 1 saturated heterocycles. The zero-order valence-corrected chi connectivity index (χ0v) is 9.56. The van der Waals surface area contributed by atoms with Crippen LogP contribution in [0.4, 0.5) is 0 Å². The smallest absolute Gasteiger partial charge is 0.226 e. The second-order valence-electron chi connectivity index (χ2n) is 5.47. The number of hydrogen-bond acceptors (Lipinski definition) is 1. The first-order valence-electron chi connectivity index (χ1n) is 5.02. The maximum Gasteiger partial charge on any atom is 0.226 e. The molecule has 2 heteroatoms. The summed E-state index contributed by atoms with van der Waals surface area (Å²) in [6.07, 6.45) is 0. The van der Waals surface area contributed by atoms with E-state index in [4.69, 9.17) is 0 Å². The summed E-state index contributed by atoms with van der Waals surface area (Å²) in [6, 6.07) is 0. The van der Waals surface area contributed by atoms with Crippen molar-refractivity contribution in [2.24, 2.45) is 17.3 Å². The lowest BCUT2D eigenvalue weighted by atomic mass is 9.63. The van der Waals surface area contributed by atoms with Crippen molar-refractivity contribution >= 4 is 5.91 Å². The first-order chi connectivity index (χ1) is 5.69. The zero-order valence-electron chi connectivity index (χ0n) is 9.56. The molecule has 1 N–H and O–H groups in total. The lowest BCUT2D eigenvalue weighted by molar-refractivity contribution is -0.141. The van der Waals surface area contributed by atoms with E-state index >= 15 is 0 Å². The largest absolute Gasteiger partial charge is 0.350 e. The molecular weight excluding hydrogens is 162 g/mol. The summed E-state index contributed by atoms with van der Waals surface area (Å²) < 4.78 is 0. The fraction of sp³-hybridized carbons (Fsp3) is 0.909. The van der Waals surface area contributed by atoms with E-state index in [0.717, 1.165) is 0 Å². The van der Waals surface area contributed by atoms with Crippen molar-refractivity contribution in [2.75, 3.05) is 0 Å². The second kappa shape index (κ2) is 2.73. The fourth-order valence-electron chi connectivity index (χ4n) is 2.02. The van der Waals surface area contributed by atoms with Crippen molar-refractivity contribution in [1.82, 2.24) is 5.32 Å². The molecule has 1 aliphatic heterocycles. The summed E-state index contributed by atoms with van der Waals surface area (Å²) in [5, 5.41) is 3.09. The van der Waals surface area contributed by atoms with Crippen LogP contribution in [0.15, 0.2) is 0 Å². The third kappa shape index (κ3) is 1.47. The molecule has 0 aromatic heterocycles. The first kappa shape index (κ1) is 10.6. The van der Waals surface area contributed by atoms with E-state index in [2.05, 4.69) is 33.0 Å². The monoisotopic (exact) mass is 183 g/mol. The highest BCUT2D eigenvalue weighted by Crippen LogP contribution is 2.41. The van der Waals surface area contributed by atoms with Crippen LogP contribution in [-0.2, 0) is 4.79 Å². The van der Waals surface area contributed by atoms with Gasteiger partial charge >= 0.3 is 0 Å². The summed E-state index contributed by atoms with van der Waals surface area (Å²) in [5.41, 5.74) is -0.291. The number of hydrogen-bond donors (Lipinski definition) is 1. The van der Waals surface area contributed by atoms with Gasteiger partial charge in [0.2, 0.25) is 5.91 Å². The summed E-state index contributed by atoms with van der Waals surface area (Å²) in [4.78, 5) is 11.8. The lowest BCUT2D eigenvalue weighted by Crippen LogP contribution is -2.62. The average Bonchev–Trinajstić information content (AvgIpc) is 1.98. The van der Waals surface area contributed by atoms with Gasteiger partial charge in [0.15, 0.2) is 0 Å². The maximum absolute atomic E-state index is 11.8. The Morgan fingerprint density at radius 1 is 1.08 bits per heavy atom. The number of rotatable bonds is 0. The van der Waals surface area contributed by atoms with Crippen molar-refractivity contribution in [3.63, 3.8) is 0 Å². The molecule has 1 rings (SSSR count). The number of carbonyl (C=O) groups is 1. The molecule has 0 aliphatic carbocycles. The number of amides is 1. The van der Waals surface area contributed by atoms with Crippen molar-refractivity contribution in [2.45, 2.75) is 47.1 Å². The van der Waals surface area contributed by atoms with Crippen LogP contribution in [0.3, 0.4) is 0 Å².